The fourth-order valence-electron chi connectivity index (χ4n) is 5.45. The second-order valence-corrected chi connectivity index (χ2v) is 9.33. The second kappa shape index (κ2) is 6.88. The zero-order valence-electron chi connectivity index (χ0n) is 17.8. The second-order valence-electron chi connectivity index (χ2n) is 9.33. The number of rotatable bonds is 5. The highest BCUT2D eigenvalue weighted by Gasteiger charge is 2.61. The van der Waals surface area contributed by atoms with Gasteiger partial charge in [0.2, 0.25) is 11.9 Å². The molecule has 0 saturated heterocycles. The van der Waals surface area contributed by atoms with Crippen LogP contribution in [0.2, 0.25) is 0 Å². The zero-order chi connectivity index (χ0) is 23.0. The molecule has 1 spiro atoms. The van der Waals surface area contributed by atoms with Crippen molar-refractivity contribution < 1.29 is 17.6 Å². The molecule has 0 aromatic carbocycles. The number of aryl methyl sites for hydroxylation is 1. The molecule has 0 bridgehead atoms. The van der Waals surface area contributed by atoms with E-state index < -0.39 is 18.9 Å². The number of fused-ring (bicyclic) bond motifs is 2. The van der Waals surface area contributed by atoms with Crippen LogP contribution in [-0.4, -0.2) is 47.5 Å². The molecule has 2 fully saturated rings. The van der Waals surface area contributed by atoms with E-state index in [1.54, 1.807) is 36.1 Å². The van der Waals surface area contributed by atoms with E-state index in [0.717, 1.165) is 16.6 Å². The number of nitrogens with zero attached hydrogens (tertiary/aromatic N) is 6. The Morgan fingerprint density at radius 1 is 1.15 bits per heavy atom. The maximum Gasteiger partial charge on any atom is 0.256 e. The first-order valence-electron chi connectivity index (χ1n) is 10.8. The van der Waals surface area contributed by atoms with Gasteiger partial charge >= 0.3 is 0 Å². The summed E-state index contributed by atoms with van der Waals surface area (Å²) in [5.41, 5.74) is 3.05. The minimum Gasteiger partial charge on any atom is -0.350 e. The van der Waals surface area contributed by atoms with Gasteiger partial charge in [0.05, 0.1) is 23.8 Å². The van der Waals surface area contributed by atoms with Crippen molar-refractivity contribution >= 4 is 22.6 Å². The van der Waals surface area contributed by atoms with Crippen LogP contribution in [0.4, 0.5) is 23.5 Å². The molecule has 2 aliphatic carbocycles. The van der Waals surface area contributed by atoms with Gasteiger partial charge in [-0.2, -0.15) is 0 Å². The Morgan fingerprint density at radius 2 is 1.94 bits per heavy atom. The van der Waals surface area contributed by atoms with Gasteiger partial charge in [-0.1, -0.05) is 0 Å². The van der Waals surface area contributed by atoms with Crippen molar-refractivity contribution in [2.24, 2.45) is 5.41 Å². The molecule has 2 saturated carbocycles. The molecule has 0 unspecified atom stereocenters. The first-order chi connectivity index (χ1) is 15.7. The number of anilines is 1. The third kappa shape index (κ3) is 3.41. The predicted molar refractivity (Wildman–Crippen MR) is 114 cm³/mol. The highest BCUT2D eigenvalue weighted by Crippen LogP contribution is 2.62. The predicted octanol–water partition coefficient (Wildman–Crippen LogP) is 4.70. The summed E-state index contributed by atoms with van der Waals surface area (Å²) in [6, 6.07) is 3.76. The number of pyridine rings is 1. The van der Waals surface area contributed by atoms with Crippen molar-refractivity contribution in [2.45, 2.75) is 57.5 Å². The lowest BCUT2D eigenvalue weighted by Crippen LogP contribution is -2.57. The molecule has 4 aromatic heterocycles. The minimum atomic E-state index is -2.50. The van der Waals surface area contributed by atoms with Gasteiger partial charge in [-0.15, -0.1) is 5.10 Å². The van der Waals surface area contributed by atoms with Crippen LogP contribution in [0.15, 0.2) is 30.7 Å². The highest BCUT2D eigenvalue weighted by atomic mass is 19.3. The average molecular weight is 459 g/mol. The normalized spacial score (nSPS) is 19.3. The van der Waals surface area contributed by atoms with Gasteiger partial charge in [-0.3, -0.25) is 0 Å². The van der Waals surface area contributed by atoms with Crippen molar-refractivity contribution in [3.63, 3.8) is 0 Å². The molecular weight excluding hydrogens is 438 g/mol. The summed E-state index contributed by atoms with van der Waals surface area (Å²) in [6.07, 6.45) is 4.01. The van der Waals surface area contributed by atoms with E-state index in [2.05, 4.69) is 25.4 Å². The lowest BCUT2D eigenvalue weighted by atomic mass is 9.52. The number of halogens is 4. The molecule has 172 valence electrons. The molecule has 11 heteroatoms. The summed E-state index contributed by atoms with van der Waals surface area (Å²) in [4.78, 5) is 13.0. The van der Waals surface area contributed by atoms with Gasteiger partial charge in [0, 0.05) is 42.4 Å². The summed E-state index contributed by atoms with van der Waals surface area (Å²) < 4.78 is 55.6. The van der Waals surface area contributed by atoms with E-state index in [4.69, 9.17) is 0 Å². The SMILES string of the molecule is Cc1nc2ncc(-c3ccn4nc(NC5CC6(C5)CC(F)(F)C6)ncc34)cc2n1CC(F)F. The Kier molecular flexibility index (Phi) is 4.25. The summed E-state index contributed by atoms with van der Waals surface area (Å²) in [7, 11) is 0. The van der Waals surface area contributed by atoms with Crippen molar-refractivity contribution in [3.05, 3.63) is 36.5 Å². The van der Waals surface area contributed by atoms with E-state index in [1.807, 2.05) is 6.07 Å². The molecule has 6 rings (SSSR count). The molecule has 0 atom stereocenters. The topological polar surface area (TPSA) is 72.9 Å². The molecule has 2 aliphatic rings. The first-order valence-corrected chi connectivity index (χ1v) is 10.8. The summed E-state index contributed by atoms with van der Waals surface area (Å²) >= 11 is 0. The molecule has 1 N–H and O–H groups in total. The van der Waals surface area contributed by atoms with Crippen molar-refractivity contribution in [1.82, 2.24) is 29.1 Å². The summed E-state index contributed by atoms with van der Waals surface area (Å²) in [6.45, 7) is 1.24. The van der Waals surface area contributed by atoms with Gasteiger partial charge in [-0.25, -0.2) is 37.0 Å². The molecule has 0 radical (unpaired) electrons. The largest absolute Gasteiger partial charge is 0.350 e. The smallest absolute Gasteiger partial charge is 0.256 e. The van der Waals surface area contributed by atoms with Crippen LogP contribution in [0, 0.1) is 12.3 Å². The van der Waals surface area contributed by atoms with Crippen LogP contribution < -0.4 is 5.32 Å². The van der Waals surface area contributed by atoms with Gasteiger partial charge in [0.25, 0.3) is 6.43 Å². The van der Waals surface area contributed by atoms with Gasteiger partial charge in [-0.05, 0) is 37.3 Å². The maximum atomic E-state index is 13.2. The fraction of sp³-hybridized carbons (Fsp3) is 0.455. The first kappa shape index (κ1) is 20.4. The Hall–Kier alpha value is -3.24. The molecule has 0 amide bonds. The number of hydrogen-bond acceptors (Lipinski definition) is 5. The van der Waals surface area contributed by atoms with Crippen LogP contribution in [-0.2, 0) is 6.54 Å². The van der Waals surface area contributed by atoms with E-state index in [1.165, 1.54) is 4.57 Å². The Bertz CT molecular complexity index is 1360. The van der Waals surface area contributed by atoms with Crippen LogP contribution in [0.25, 0.3) is 27.8 Å². The van der Waals surface area contributed by atoms with Crippen molar-refractivity contribution in [3.8, 4) is 11.1 Å². The molecule has 0 aliphatic heterocycles. The Morgan fingerprint density at radius 3 is 2.67 bits per heavy atom. The van der Waals surface area contributed by atoms with Crippen LogP contribution in [0.3, 0.4) is 0 Å². The molecule has 4 heterocycles. The molecule has 7 nitrogen and oxygen atoms in total. The molecule has 33 heavy (non-hydrogen) atoms. The highest BCUT2D eigenvalue weighted by molar-refractivity contribution is 5.85. The Balaban J connectivity index is 1.24. The fourth-order valence-corrected chi connectivity index (χ4v) is 5.45. The molecular formula is C22H21F4N7. The minimum absolute atomic E-state index is 0.0207. The standard InChI is InChI=1S/C22H21F4N7/c1-12-29-19-16(32(12)9-18(23)24)4-13(7-27-19)15-2-3-33-17(15)8-28-20(31-33)30-14-5-21(6-14)10-22(25,26)11-21/h2-4,7-8,14,18H,5-6,9-11H2,1H3,(H,30,31). The quantitative estimate of drug-likeness (QED) is 0.438. The van der Waals surface area contributed by atoms with E-state index in [9.17, 15) is 17.6 Å². The van der Waals surface area contributed by atoms with Gasteiger partial charge in [0.1, 0.15) is 5.82 Å². The third-order valence-corrected chi connectivity index (χ3v) is 6.80. The summed E-state index contributed by atoms with van der Waals surface area (Å²) in [5.74, 6) is -1.58. The molecule has 4 aromatic rings. The monoisotopic (exact) mass is 459 g/mol. The van der Waals surface area contributed by atoms with Crippen molar-refractivity contribution in [1.29, 1.82) is 0 Å². The number of hydrogen-bond donors (Lipinski definition) is 1. The third-order valence-electron chi connectivity index (χ3n) is 6.80. The lowest BCUT2D eigenvalue weighted by Gasteiger charge is -2.57. The Labute approximate surface area is 185 Å². The van der Waals surface area contributed by atoms with Crippen LogP contribution >= 0.6 is 0 Å². The number of alkyl halides is 4. The van der Waals surface area contributed by atoms with Gasteiger partial charge < -0.3 is 9.88 Å². The van der Waals surface area contributed by atoms with Crippen LogP contribution in [0.5, 0.6) is 0 Å². The lowest BCUT2D eigenvalue weighted by molar-refractivity contribution is -0.193. The van der Waals surface area contributed by atoms with E-state index in [0.29, 0.717) is 35.8 Å². The average Bonchev–Trinajstić information content (AvgIpc) is 3.25. The van der Waals surface area contributed by atoms with Gasteiger partial charge in [0.15, 0.2) is 5.65 Å². The number of aromatic nitrogens is 6. The van der Waals surface area contributed by atoms with E-state index in [-0.39, 0.29) is 24.3 Å². The maximum absolute atomic E-state index is 13.2. The number of imidazole rings is 1. The van der Waals surface area contributed by atoms with Crippen LogP contribution in [0.1, 0.15) is 31.5 Å². The zero-order valence-corrected chi connectivity index (χ0v) is 17.8. The van der Waals surface area contributed by atoms with Crippen molar-refractivity contribution in [2.75, 3.05) is 5.32 Å². The summed E-state index contributed by atoms with van der Waals surface area (Å²) in [5, 5.41) is 7.74. The number of nitrogens with one attached hydrogen (secondary N) is 1. The van der Waals surface area contributed by atoms with E-state index >= 15 is 0 Å².